The van der Waals surface area contributed by atoms with E-state index in [4.69, 9.17) is 4.74 Å². The second-order valence-electron chi connectivity index (χ2n) is 4.92. The normalized spacial score (nSPS) is 10.8. The fourth-order valence-corrected chi connectivity index (χ4v) is 2.42. The van der Waals surface area contributed by atoms with E-state index in [1.165, 1.54) is 5.69 Å². The molecule has 3 heteroatoms. The summed E-state index contributed by atoms with van der Waals surface area (Å²) in [5.74, 6) is 1.19. The van der Waals surface area contributed by atoms with Gasteiger partial charge in [-0.2, -0.15) is 0 Å². The van der Waals surface area contributed by atoms with Crippen molar-refractivity contribution in [2.24, 2.45) is 0 Å². The average molecular weight is 267 g/mol. The third kappa shape index (κ3) is 2.62. The topological polar surface area (TPSA) is 45.2 Å². The van der Waals surface area contributed by atoms with Gasteiger partial charge in [-0.25, -0.2) is 0 Å². The molecule has 0 radical (unpaired) electrons. The number of phenols is 1. The number of phenolic OH excluding ortho intramolecular Hbond substituents is 1. The minimum Gasteiger partial charge on any atom is -0.508 e. The molecule has 2 N–H and O–H groups in total. The minimum absolute atomic E-state index is 0.323. The van der Waals surface area contributed by atoms with Gasteiger partial charge in [0, 0.05) is 16.6 Å². The summed E-state index contributed by atoms with van der Waals surface area (Å²) >= 11 is 0. The van der Waals surface area contributed by atoms with Gasteiger partial charge in [0.25, 0.3) is 0 Å². The van der Waals surface area contributed by atoms with E-state index in [2.05, 4.69) is 11.1 Å². The molecule has 0 amide bonds. The highest BCUT2D eigenvalue weighted by Crippen LogP contribution is 2.22. The molecular weight excluding hydrogens is 250 g/mol. The Labute approximate surface area is 117 Å². The molecule has 0 spiro atoms. The van der Waals surface area contributed by atoms with Gasteiger partial charge in [0.1, 0.15) is 11.5 Å². The van der Waals surface area contributed by atoms with Gasteiger partial charge in [-0.05, 0) is 54.8 Å². The number of ether oxygens (including phenoxy) is 1. The van der Waals surface area contributed by atoms with Crippen molar-refractivity contribution in [2.45, 2.75) is 12.8 Å². The number of aromatic hydroxyl groups is 1. The summed E-state index contributed by atoms with van der Waals surface area (Å²) in [5, 5.41) is 10.6. The largest absolute Gasteiger partial charge is 0.508 e. The molecule has 102 valence electrons. The maximum Gasteiger partial charge on any atom is 0.119 e. The Morgan fingerprint density at radius 2 is 1.95 bits per heavy atom. The first-order chi connectivity index (χ1) is 9.74. The van der Waals surface area contributed by atoms with Gasteiger partial charge >= 0.3 is 0 Å². The molecule has 1 heterocycles. The standard InChI is InChI=1S/C17H17NO2/c1-20-16-7-8-17-13(11-16)10-14(18-17)6-5-12-3-2-4-15(19)9-12/h2-4,7-11,18-19H,5-6H2,1H3. The van der Waals surface area contributed by atoms with E-state index >= 15 is 0 Å². The van der Waals surface area contributed by atoms with Gasteiger partial charge in [0.15, 0.2) is 0 Å². The highest BCUT2D eigenvalue weighted by molar-refractivity contribution is 5.81. The molecule has 3 aromatic rings. The maximum atomic E-state index is 9.46. The molecule has 3 rings (SSSR count). The van der Waals surface area contributed by atoms with Crippen molar-refractivity contribution in [3.8, 4) is 11.5 Å². The van der Waals surface area contributed by atoms with Crippen LogP contribution in [0.25, 0.3) is 10.9 Å². The molecule has 0 saturated carbocycles. The Kier molecular flexibility index (Phi) is 3.33. The van der Waals surface area contributed by atoms with Gasteiger partial charge in [-0.3, -0.25) is 0 Å². The van der Waals surface area contributed by atoms with Crippen molar-refractivity contribution in [1.29, 1.82) is 0 Å². The summed E-state index contributed by atoms with van der Waals surface area (Å²) in [7, 11) is 1.68. The number of rotatable bonds is 4. The van der Waals surface area contributed by atoms with Crippen LogP contribution in [-0.2, 0) is 12.8 Å². The summed E-state index contributed by atoms with van der Waals surface area (Å²) in [5.41, 5.74) is 3.45. The number of methoxy groups -OCH3 is 1. The molecule has 0 bridgehead atoms. The Morgan fingerprint density at radius 3 is 2.75 bits per heavy atom. The Bertz CT molecular complexity index is 731. The highest BCUT2D eigenvalue weighted by atomic mass is 16.5. The van der Waals surface area contributed by atoms with Crippen LogP contribution in [0.5, 0.6) is 11.5 Å². The summed E-state index contributed by atoms with van der Waals surface area (Å²) in [4.78, 5) is 3.41. The van der Waals surface area contributed by atoms with Crippen molar-refractivity contribution in [3.63, 3.8) is 0 Å². The summed E-state index contributed by atoms with van der Waals surface area (Å²) in [6.45, 7) is 0. The summed E-state index contributed by atoms with van der Waals surface area (Å²) in [6.07, 6.45) is 1.82. The predicted octanol–water partition coefficient (Wildman–Crippen LogP) is 3.67. The van der Waals surface area contributed by atoms with Gasteiger partial charge in [0.05, 0.1) is 7.11 Å². The molecule has 0 aliphatic carbocycles. The van der Waals surface area contributed by atoms with Crippen LogP contribution in [-0.4, -0.2) is 17.2 Å². The lowest BCUT2D eigenvalue weighted by Gasteiger charge is -2.00. The van der Waals surface area contributed by atoms with Crippen LogP contribution in [0.1, 0.15) is 11.3 Å². The first-order valence-corrected chi connectivity index (χ1v) is 6.68. The van der Waals surface area contributed by atoms with E-state index in [0.717, 1.165) is 35.1 Å². The number of H-pyrrole nitrogens is 1. The highest BCUT2D eigenvalue weighted by Gasteiger charge is 2.03. The molecule has 0 fully saturated rings. The second-order valence-corrected chi connectivity index (χ2v) is 4.92. The maximum absolute atomic E-state index is 9.46. The number of nitrogens with one attached hydrogen (secondary N) is 1. The molecule has 1 aromatic heterocycles. The lowest BCUT2D eigenvalue weighted by molar-refractivity contribution is 0.415. The molecule has 0 saturated heterocycles. The first kappa shape index (κ1) is 12.6. The van der Waals surface area contributed by atoms with Crippen molar-refractivity contribution < 1.29 is 9.84 Å². The predicted molar refractivity (Wildman–Crippen MR) is 80.4 cm³/mol. The van der Waals surface area contributed by atoms with E-state index in [9.17, 15) is 5.11 Å². The Balaban J connectivity index is 1.77. The van der Waals surface area contributed by atoms with Crippen LogP contribution in [0.15, 0.2) is 48.5 Å². The SMILES string of the molecule is COc1ccc2[nH]c(CCc3cccc(O)c3)cc2c1. The van der Waals surface area contributed by atoms with E-state index in [1.807, 2.05) is 36.4 Å². The molecule has 20 heavy (non-hydrogen) atoms. The Hall–Kier alpha value is -2.42. The van der Waals surface area contributed by atoms with Crippen LogP contribution in [0, 0.1) is 0 Å². The van der Waals surface area contributed by atoms with Gasteiger partial charge < -0.3 is 14.8 Å². The van der Waals surface area contributed by atoms with E-state index in [0.29, 0.717) is 5.75 Å². The molecular formula is C17H17NO2. The lowest BCUT2D eigenvalue weighted by atomic mass is 10.1. The van der Waals surface area contributed by atoms with Crippen molar-refractivity contribution in [3.05, 3.63) is 59.8 Å². The number of aromatic nitrogens is 1. The minimum atomic E-state index is 0.323. The van der Waals surface area contributed by atoms with Crippen molar-refractivity contribution in [1.82, 2.24) is 4.98 Å². The van der Waals surface area contributed by atoms with Crippen molar-refractivity contribution >= 4 is 10.9 Å². The zero-order chi connectivity index (χ0) is 13.9. The fourth-order valence-electron chi connectivity index (χ4n) is 2.42. The van der Waals surface area contributed by atoms with E-state index in [-0.39, 0.29) is 0 Å². The zero-order valence-corrected chi connectivity index (χ0v) is 11.4. The number of aromatic amines is 1. The number of fused-ring (bicyclic) bond motifs is 1. The third-order valence-electron chi connectivity index (χ3n) is 3.48. The number of aryl methyl sites for hydroxylation is 2. The smallest absolute Gasteiger partial charge is 0.119 e. The zero-order valence-electron chi connectivity index (χ0n) is 11.4. The molecule has 3 nitrogen and oxygen atoms in total. The third-order valence-corrected chi connectivity index (χ3v) is 3.48. The molecule has 0 aliphatic rings. The Morgan fingerprint density at radius 1 is 1.05 bits per heavy atom. The molecule has 0 unspecified atom stereocenters. The summed E-state index contributed by atoms with van der Waals surface area (Å²) < 4.78 is 5.23. The number of hydrogen-bond acceptors (Lipinski definition) is 2. The number of benzene rings is 2. The van der Waals surface area contributed by atoms with Gasteiger partial charge in [0.2, 0.25) is 0 Å². The molecule has 0 aliphatic heterocycles. The van der Waals surface area contributed by atoms with Crippen molar-refractivity contribution in [2.75, 3.05) is 7.11 Å². The lowest BCUT2D eigenvalue weighted by Crippen LogP contribution is -1.90. The monoisotopic (exact) mass is 267 g/mol. The first-order valence-electron chi connectivity index (χ1n) is 6.68. The summed E-state index contributed by atoms with van der Waals surface area (Å²) in [6, 6.07) is 15.6. The van der Waals surface area contributed by atoms with Crippen LogP contribution < -0.4 is 4.74 Å². The van der Waals surface area contributed by atoms with Crippen LogP contribution >= 0.6 is 0 Å². The quantitative estimate of drug-likeness (QED) is 0.757. The fraction of sp³-hybridized carbons (Fsp3) is 0.176. The van der Waals surface area contributed by atoms with E-state index < -0.39 is 0 Å². The van der Waals surface area contributed by atoms with E-state index in [1.54, 1.807) is 13.2 Å². The average Bonchev–Trinajstić information content (AvgIpc) is 2.87. The number of hydrogen-bond donors (Lipinski definition) is 2. The van der Waals surface area contributed by atoms with Gasteiger partial charge in [-0.15, -0.1) is 0 Å². The van der Waals surface area contributed by atoms with Crippen LogP contribution in [0.4, 0.5) is 0 Å². The molecule has 2 aromatic carbocycles. The second kappa shape index (κ2) is 5.29. The molecule has 0 atom stereocenters. The van der Waals surface area contributed by atoms with Gasteiger partial charge in [-0.1, -0.05) is 12.1 Å². The van der Waals surface area contributed by atoms with Crippen LogP contribution in [0.3, 0.4) is 0 Å². The van der Waals surface area contributed by atoms with Crippen LogP contribution in [0.2, 0.25) is 0 Å².